The Kier molecular flexibility index (Phi) is 5.52. The van der Waals surface area contributed by atoms with Gasteiger partial charge in [-0.1, -0.05) is 36.0 Å². The molecule has 0 aliphatic carbocycles. The number of anilines is 2. The van der Waals surface area contributed by atoms with Gasteiger partial charge in [0.2, 0.25) is 5.56 Å². The van der Waals surface area contributed by atoms with Gasteiger partial charge in [-0.2, -0.15) is 0 Å². The van der Waals surface area contributed by atoms with Gasteiger partial charge < -0.3 is 10.3 Å². The van der Waals surface area contributed by atoms with Crippen LogP contribution in [-0.4, -0.2) is 20.2 Å². The average molecular weight is 494 g/mol. The van der Waals surface area contributed by atoms with Crippen molar-refractivity contribution in [2.24, 2.45) is 0 Å². The summed E-state index contributed by atoms with van der Waals surface area (Å²) in [7, 11) is 0. The van der Waals surface area contributed by atoms with E-state index in [0.717, 1.165) is 53.7 Å². The van der Waals surface area contributed by atoms with Crippen LogP contribution in [0.5, 0.6) is 0 Å². The lowest BCUT2D eigenvalue weighted by Gasteiger charge is -2.11. The maximum absolute atomic E-state index is 11.8. The molecule has 6 rings (SSSR count). The molecule has 0 aliphatic heterocycles. The quantitative estimate of drug-likeness (QED) is 0.275. The van der Waals surface area contributed by atoms with Gasteiger partial charge in [0.15, 0.2) is 5.82 Å². The Morgan fingerprint density at radius 2 is 1.77 bits per heavy atom. The third-order valence-corrected chi connectivity index (χ3v) is 7.70. The molecular formula is C27H19N5OS2. The lowest BCUT2D eigenvalue weighted by Crippen LogP contribution is -2.03. The predicted molar refractivity (Wildman–Crippen MR) is 144 cm³/mol. The number of aromatic amines is 1. The van der Waals surface area contributed by atoms with Crippen molar-refractivity contribution < 1.29 is 0 Å². The number of hydrogen-bond acceptors (Lipinski definition) is 7. The number of benzene rings is 2. The normalized spacial score (nSPS) is 11.2. The van der Waals surface area contributed by atoms with Gasteiger partial charge in [0.1, 0.15) is 5.69 Å². The Labute approximate surface area is 209 Å². The third-order valence-electron chi connectivity index (χ3n) is 5.58. The highest BCUT2D eigenvalue weighted by Crippen LogP contribution is 2.35. The molecule has 6 nitrogen and oxygen atoms in total. The summed E-state index contributed by atoms with van der Waals surface area (Å²) in [5.74, 6) is 0.718. The van der Waals surface area contributed by atoms with E-state index in [1.165, 1.54) is 11.6 Å². The van der Waals surface area contributed by atoms with Crippen molar-refractivity contribution in [1.82, 2.24) is 20.2 Å². The Morgan fingerprint density at radius 1 is 0.943 bits per heavy atom. The minimum atomic E-state index is -0.138. The molecule has 2 aromatic carbocycles. The number of pyridine rings is 2. The van der Waals surface area contributed by atoms with E-state index in [9.17, 15) is 4.79 Å². The van der Waals surface area contributed by atoms with Gasteiger partial charge in [0.05, 0.1) is 15.9 Å². The Balaban J connectivity index is 1.28. The monoisotopic (exact) mass is 493 g/mol. The zero-order chi connectivity index (χ0) is 23.8. The Morgan fingerprint density at radius 3 is 2.57 bits per heavy atom. The van der Waals surface area contributed by atoms with E-state index in [-0.39, 0.29) is 5.56 Å². The summed E-state index contributed by atoms with van der Waals surface area (Å²) < 4.78 is 0. The number of aromatic nitrogens is 4. The van der Waals surface area contributed by atoms with Gasteiger partial charge in [-0.15, -0.1) is 21.5 Å². The van der Waals surface area contributed by atoms with Crippen molar-refractivity contribution >= 4 is 56.4 Å². The van der Waals surface area contributed by atoms with Crippen molar-refractivity contribution in [3.63, 3.8) is 0 Å². The topological polar surface area (TPSA) is 83.6 Å². The summed E-state index contributed by atoms with van der Waals surface area (Å²) in [6.07, 6.45) is 1.75. The Hall–Kier alpha value is -4.01. The van der Waals surface area contributed by atoms with Crippen molar-refractivity contribution in [1.29, 1.82) is 0 Å². The summed E-state index contributed by atoms with van der Waals surface area (Å²) in [5, 5.41) is 16.7. The molecule has 0 aliphatic rings. The van der Waals surface area contributed by atoms with Crippen LogP contribution in [0.4, 0.5) is 11.5 Å². The number of H-pyrrole nitrogens is 1. The number of nitrogens with zero attached hydrogens (tertiary/aromatic N) is 3. The van der Waals surface area contributed by atoms with Crippen molar-refractivity contribution in [3.05, 3.63) is 100 Å². The zero-order valence-corrected chi connectivity index (χ0v) is 20.3. The van der Waals surface area contributed by atoms with Crippen LogP contribution in [0.3, 0.4) is 0 Å². The number of hydrogen-bond donors (Lipinski definition) is 2. The molecule has 0 spiro atoms. The molecule has 0 atom stereocenters. The highest BCUT2D eigenvalue weighted by Gasteiger charge is 2.13. The lowest BCUT2D eigenvalue weighted by atomic mass is 10.1. The van der Waals surface area contributed by atoms with E-state index in [1.54, 1.807) is 35.4 Å². The summed E-state index contributed by atoms with van der Waals surface area (Å²) in [5.41, 5.74) is 4.41. The van der Waals surface area contributed by atoms with Crippen LogP contribution >= 0.6 is 23.1 Å². The van der Waals surface area contributed by atoms with Gasteiger partial charge in [0.25, 0.3) is 0 Å². The summed E-state index contributed by atoms with van der Waals surface area (Å²) in [6.45, 7) is 2.09. The molecule has 0 unspecified atom stereocenters. The molecule has 0 bridgehead atoms. The number of nitrogens with one attached hydrogen (secondary N) is 2. The van der Waals surface area contributed by atoms with E-state index in [1.807, 2.05) is 42.5 Å². The number of thiophene rings is 1. The van der Waals surface area contributed by atoms with Gasteiger partial charge in [-0.25, -0.2) is 0 Å². The summed E-state index contributed by atoms with van der Waals surface area (Å²) in [6, 6.07) is 23.6. The van der Waals surface area contributed by atoms with Crippen LogP contribution in [0.2, 0.25) is 0 Å². The summed E-state index contributed by atoms with van der Waals surface area (Å²) >= 11 is 3.26. The minimum absolute atomic E-state index is 0.138. The minimum Gasteiger partial charge on any atom is -0.338 e. The van der Waals surface area contributed by atoms with Crippen LogP contribution in [0.15, 0.2) is 99.0 Å². The van der Waals surface area contributed by atoms with Crippen LogP contribution in [0, 0.1) is 6.92 Å². The van der Waals surface area contributed by atoms with E-state index in [0.29, 0.717) is 0 Å². The molecule has 0 radical (unpaired) electrons. The van der Waals surface area contributed by atoms with Crippen molar-refractivity contribution in [2.45, 2.75) is 16.7 Å². The van der Waals surface area contributed by atoms with E-state index in [2.05, 4.69) is 56.0 Å². The molecule has 6 aromatic rings. The van der Waals surface area contributed by atoms with E-state index in [4.69, 9.17) is 0 Å². The first-order valence-electron chi connectivity index (χ1n) is 11.0. The third kappa shape index (κ3) is 4.29. The van der Waals surface area contributed by atoms with E-state index < -0.39 is 0 Å². The maximum atomic E-state index is 11.8. The zero-order valence-electron chi connectivity index (χ0n) is 18.6. The molecule has 0 amide bonds. The molecule has 0 saturated heterocycles. The van der Waals surface area contributed by atoms with Crippen LogP contribution in [0.1, 0.15) is 5.56 Å². The molecule has 2 N–H and O–H groups in total. The highest BCUT2D eigenvalue weighted by molar-refractivity contribution is 7.99. The number of aryl methyl sites for hydroxylation is 1. The second-order valence-electron chi connectivity index (χ2n) is 8.07. The maximum Gasteiger partial charge on any atom is 0.248 e. The largest absolute Gasteiger partial charge is 0.338 e. The number of fused-ring (bicyclic) bond motifs is 2. The fourth-order valence-corrected chi connectivity index (χ4v) is 5.73. The van der Waals surface area contributed by atoms with Crippen LogP contribution < -0.4 is 10.9 Å². The van der Waals surface area contributed by atoms with Crippen molar-refractivity contribution in [2.75, 3.05) is 5.32 Å². The molecule has 35 heavy (non-hydrogen) atoms. The van der Waals surface area contributed by atoms with Crippen LogP contribution in [-0.2, 0) is 0 Å². The van der Waals surface area contributed by atoms with Gasteiger partial charge >= 0.3 is 0 Å². The summed E-state index contributed by atoms with van der Waals surface area (Å²) in [4.78, 5) is 22.1. The van der Waals surface area contributed by atoms with Gasteiger partial charge in [0, 0.05) is 38.5 Å². The molecule has 8 heteroatoms. The smallest absolute Gasteiger partial charge is 0.248 e. The Bertz CT molecular complexity index is 1740. The van der Waals surface area contributed by atoms with Crippen LogP contribution in [0.25, 0.3) is 32.4 Å². The average Bonchev–Trinajstić information content (AvgIpc) is 3.31. The fraction of sp³-hybridized carbons (Fsp3) is 0.0370. The SMILES string of the molecule is Cc1csc(-c2nnc(Nc3ccc(Sc4ccnc5ccc(=O)[nH]c45)cc3)c3ccccc23)c1. The van der Waals surface area contributed by atoms with Crippen molar-refractivity contribution in [3.8, 4) is 10.6 Å². The standard InChI is InChI=1S/C27H19N5OS2/c1-16-14-23(34-15-16)25-19-4-2-3-5-20(19)27(32-31-25)29-17-6-8-18(9-7-17)35-22-12-13-28-21-10-11-24(33)30-26(21)22/h2-15H,1H3,(H,29,32)(H,30,33). The highest BCUT2D eigenvalue weighted by atomic mass is 32.2. The molecule has 4 heterocycles. The molecule has 170 valence electrons. The second-order valence-corrected chi connectivity index (χ2v) is 10.1. The number of rotatable bonds is 5. The van der Waals surface area contributed by atoms with E-state index >= 15 is 0 Å². The first-order chi connectivity index (χ1) is 17.1. The fourth-order valence-electron chi connectivity index (χ4n) is 3.92. The first-order valence-corrected chi connectivity index (χ1v) is 12.7. The molecular weight excluding hydrogens is 474 g/mol. The molecule has 0 fully saturated rings. The lowest BCUT2D eigenvalue weighted by molar-refractivity contribution is 1.06. The second kappa shape index (κ2) is 8.98. The van der Waals surface area contributed by atoms with Gasteiger partial charge in [-0.05, 0) is 60.3 Å². The van der Waals surface area contributed by atoms with Gasteiger partial charge in [-0.3, -0.25) is 9.78 Å². The first kappa shape index (κ1) is 21.5. The predicted octanol–water partition coefficient (Wildman–Crippen LogP) is 6.80. The molecule has 0 saturated carbocycles. The molecule has 4 aromatic heterocycles.